The third-order valence-electron chi connectivity index (χ3n) is 4.49. The van der Waals surface area contributed by atoms with E-state index in [0.29, 0.717) is 11.6 Å². The SMILES string of the molecule is CC(=O)N1Cc2nc(-c3ccccc3)ccc2C=Cc2cc(Cl)ccc21. The van der Waals surface area contributed by atoms with Crippen LogP contribution in [-0.4, -0.2) is 10.9 Å². The predicted octanol–water partition coefficient (Wildman–Crippen LogP) is 5.44. The molecule has 0 saturated heterocycles. The van der Waals surface area contributed by atoms with Crippen LogP contribution in [0, 0.1) is 0 Å². The molecule has 26 heavy (non-hydrogen) atoms. The van der Waals surface area contributed by atoms with E-state index in [2.05, 4.69) is 6.07 Å². The first-order valence-electron chi connectivity index (χ1n) is 8.43. The Kier molecular flexibility index (Phi) is 4.31. The van der Waals surface area contributed by atoms with Gasteiger partial charge in [-0.3, -0.25) is 9.78 Å². The van der Waals surface area contributed by atoms with Crippen molar-refractivity contribution in [1.29, 1.82) is 0 Å². The fourth-order valence-electron chi connectivity index (χ4n) is 3.16. The molecule has 1 aliphatic heterocycles. The molecule has 0 fully saturated rings. The van der Waals surface area contributed by atoms with Gasteiger partial charge in [-0.1, -0.05) is 60.2 Å². The van der Waals surface area contributed by atoms with Crippen molar-refractivity contribution in [3.8, 4) is 11.3 Å². The fraction of sp³-hybridized carbons (Fsp3) is 0.0909. The van der Waals surface area contributed by atoms with E-state index in [9.17, 15) is 4.79 Å². The summed E-state index contributed by atoms with van der Waals surface area (Å²) in [5.41, 5.74) is 5.60. The number of aromatic nitrogens is 1. The van der Waals surface area contributed by atoms with Crippen LogP contribution in [0.2, 0.25) is 5.02 Å². The molecule has 0 atom stereocenters. The van der Waals surface area contributed by atoms with E-state index in [1.54, 1.807) is 17.9 Å². The van der Waals surface area contributed by atoms with Crippen molar-refractivity contribution in [1.82, 2.24) is 4.98 Å². The standard InChI is InChI=1S/C22H17ClN2O/c1-15(26)25-14-21-17(7-8-18-13-19(23)10-12-22(18)25)9-11-20(24-21)16-5-3-2-4-6-16/h2-13H,14H2,1H3. The summed E-state index contributed by atoms with van der Waals surface area (Å²) in [6, 6.07) is 19.7. The Labute approximate surface area is 157 Å². The minimum atomic E-state index is -0.0262. The molecule has 4 heteroatoms. The maximum absolute atomic E-state index is 12.3. The van der Waals surface area contributed by atoms with Gasteiger partial charge in [0.25, 0.3) is 0 Å². The Morgan fingerprint density at radius 2 is 1.77 bits per heavy atom. The van der Waals surface area contributed by atoms with Crippen LogP contribution in [0.1, 0.15) is 23.7 Å². The molecular weight excluding hydrogens is 344 g/mol. The summed E-state index contributed by atoms with van der Waals surface area (Å²) in [5.74, 6) is -0.0262. The van der Waals surface area contributed by atoms with Gasteiger partial charge < -0.3 is 4.90 Å². The Bertz CT molecular complexity index is 1010. The van der Waals surface area contributed by atoms with Gasteiger partial charge in [-0.2, -0.15) is 0 Å². The number of benzene rings is 2. The van der Waals surface area contributed by atoms with E-state index < -0.39 is 0 Å². The number of hydrogen-bond acceptors (Lipinski definition) is 2. The molecule has 0 saturated carbocycles. The molecule has 128 valence electrons. The fourth-order valence-corrected chi connectivity index (χ4v) is 3.34. The van der Waals surface area contributed by atoms with Gasteiger partial charge >= 0.3 is 0 Å². The van der Waals surface area contributed by atoms with Crippen molar-refractivity contribution < 1.29 is 4.79 Å². The summed E-state index contributed by atoms with van der Waals surface area (Å²) >= 11 is 6.14. The first-order valence-corrected chi connectivity index (χ1v) is 8.81. The normalized spacial score (nSPS) is 12.8. The summed E-state index contributed by atoms with van der Waals surface area (Å²) in [7, 11) is 0. The van der Waals surface area contributed by atoms with Crippen LogP contribution in [-0.2, 0) is 11.3 Å². The van der Waals surface area contributed by atoms with Crippen LogP contribution in [0.25, 0.3) is 23.4 Å². The van der Waals surface area contributed by atoms with Gasteiger partial charge in [0.05, 0.1) is 23.6 Å². The van der Waals surface area contributed by atoms with Crippen molar-refractivity contribution >= 4 is 35.3 Å². The highest BCUT2D eigenvalue weighted by atomic mass is 35.5. The molecule has 1 aliphatic rings. The lowest BCUT2D eigenvalue weighted by atomic mass is 10.0. The second kappa shape index (κ2) is 6.77. The van der Waals surface area contributed by atoms with Gasteiger partial charge in [-0.15, -0.1) is 0 Å². The van der Waals surface area contributed by atoms with E-state index >= 15 is 0 Å². The lowest BCUT2D eigenvalue weighted by Crippen LogP contribution is -2.29. The van der Waals surface area contributed by atoms with Crippen molar-refractivity contribution in [3.05, 3.63) is 82.5 Å². The number of anilines is 1. The smallest absolute Gasteiger partial charge is 0.224 e. The Hall–Kier alpha value is -2.91. The molecule has 0 radical (unpaired) electrons. The maximum atomic E-state index is 12.3. The van der Waals surface area contributed by atoms with E-state index in [-0.39, 0.29) is 5.91 Å². The van der Waals surface area contributed by atoms with Crippen molar-refractivity contribution in [2.75, 3.05) is 4.90 Å². The number of amides is 1. The molecule has 0 aliphatic carbocycles. The Morgan fingerprint density at radius 3 is 2.54 bits per heavy atom. The summed E-state index contributed by atoms with van der Waals surface area (Å²) in [4.78, 5) is 18.9. The summed E-state index contributed by atoms with van der Waals surface area (Å²) in [5, 5.41) is 0.648. The molecule has 0 N–H and O–H groups in total. The zero-order chi connectivity index (χ0) is 18.1. The van der Waals surface area contributed by atoms with Crippen molar-refractivity contribution in [2.45, 2.75) is 13.5 Å². The lowest BCUT2D eigenvalue weighted by molar-refractivity contribution is -0.116. The van der Waals surface area contributed by atoms with Gasteiger partial charge in [0.1, 0.15) is 0 Å². The monoisotopic (exact) mass is 360 g/mol. The summed E-state index contributed by atoms with van der Waals surface area (Å²) in [6.07, 6.45) is 4.02. The van der Waals surface area contributed by atoms with Crippen molar-refractivity contribution in [3.63, 3.8) is 0 Å². The van der Waals surface area contributed by atoms with Gasteiger partial charge in [-0.05, 0) is 35.4 Å². The number of fused-ring (bicyclic) bond motifs is 2. The van der Waals surface area contributed by atoms with Crippen molar-refractivity contribution in [2.24, 2.45) is 0 Å². The number of rotatable bonds is 1. The minimum absolute atomic E-state index is 0.0262. The number of carbonyl (C=O) groups excluding carboxylic acids is 1. The maximum Gasteiger partial charge on any atom is 0.224 e. The zero-order valence-corrected chi connectivity index (χ0v) is 15.1. The molecule has 3 nitrogen and oxygen atoms in total. The summed E-state index contributed by atoms with van der Waals surface area (Å²) in [6.45, 7) is 1.99. The molecule has 0 spiro atoms. The molecule has 2 aromatic carbocycles. The molecule has 3 aromatic rings. The zero-order valence-electron chi connectivity index (χ0n) is 14.3. The van der Waals surface area contributed by atoms with E-state index in [4.69, 9.17) is 16.6 Å². The number of carbonyl (C=O) groups is 1. The minimum Gasteiger partial charge on any atom is -0.306 e. The molecule has 2 heterocycles. The molecule has 1 aromatic heterocycles. The number of halogens is 1. The average molecular weight is 361 g/mol. The molecular formula is C22H17ClN2O. The van der Waals surface area contributed by atoms with E-state index in [0.717, 1.165) is 33.8 Å². The molecule has 1 amide bonds. The van der Waals surface area contributed by atoms with Gasteiger partial charge in [0, 0.05) is 17.5 Å². The van der Waals surface area contributed by atoms with Gasteiger partial charge in [0.2, 0.25) is 5.91 Å². The Balaban J connectivity index is 1.84. The van der Waals surface area contributed by atoms with Gasteiger partial charge in [0.15, 0.2) is 0 Å². The summed E-state index contributed by atoms with van der Waals surface area (Å²) < 4.78 is 0. The van der Waals surface area contributed by atoms with E-state index in [1.165, 1.54) is 0 Å². The van der Waals surface area contributed by atoms with Crippen LogP contribution >= 0.6 is 11.6 Å². The first kappa shape index (κ1) is 16.6. The predicted molar refractivity (Wildman–Crippen MR) is 107 cm³/mol. The first-order chi connectivity index (χ1) is 12.6. The molecule has 0 bridgehead atoms. The van der Waals surface area contributed by atoms with E-state index in [1.807, 2.05) is 60.7 Å². The largest absolute Gasteiger partial charge is 0.306 e. The van der Waals surface area contributed by atoms with Crippen LogP contribution in [0.15, 0.2) is 60.7 Å². The Morgan fingerprint density at radius 1 is 1.00 bits per heavy atom. The van der Waals surface area contributed by atoms with Crippen LogP contribution in [0.4, 0.5) is 5.69 Å². The van der Waals surface area contributed by atoms with Crippen LogP contribution in [0.5, 0.6) is 0 Å². The molecule has 4 rings (SSSR count). The highest BCUT2D eigenvalue weighted by molar-refractivity contribution is 6.30. The average Bonchev–Trinajstić information content (AvgIpc) is 2.64. The third-order valence-corrected chi connectivity index (χ3v) is 4.72. The second-order valence-corrected chi connectivity index (χ2v) is 6.68. The van der Waals surface area contributed by atoms with Crippen LogP contribution < -0.4 is 4.90 Å². The van der Waals surface area contributed by atoms with Gasteiger partial charge in [-0.25, -0.2) is 0 Å². The highest BCUT2D eigenvalue weighted by Gasteiger charge is 2.20. The second-order valence-electron chi connectivity index (χ2n) is 6.24. The number of hydrogen-bond donors (Lipinski definition) is 0. The number of pyridine rings is 1. The number of nitrogens with zero attached hydrogens (tertiary/aromatic N) is 2. The third kappa shape index (κ3) is 3.14. The molecule has 0 unspecified atom stereocenters. The topological polar surface area (TPSA) is 33.2 Å². The van der Waals surface area contributed by atoms with Crippen LogP contribution in [0.3, 0.4) is 0 Å². The quantitative estimate of drug-likeness (QED) is 0.579. The highest BCUT2D eigenvalue weighted by Crippen LogP contribution is 2.31. The lowest BCUT2D eigenvalue weighted by Gasteiger charge is -2.25.